The Balaban J connectivity index is 2.42. The Bertz CT molecular complexity index is 613. The van der Waals surface area contributed by atoms with E-state index in [9.17, 15) is 4.79 Å². The first-order chi connectivity index (χ1) is 9.69. The van der Waals surface area contributed by atoms with E-state index >= 15 is 0 Å². The Morgan fingerprint density at radius 1 is 1.35 bits per heavy atom. The molecule has 1 N–H and O–H groups in total. The van der Waals surface area contributed by atoms with Gasteiger partial charge in [-0.1, -0.05) is 24.3 Å². The molecule has 1 aromatic heterocycles. The summed E-state index contributed by atoms with van der Waals surface area (Å²) in [6.45, 7) is 1.07. The van der Waals surface area contributed by atoms with Gasteiger partial charge in [0.25, 0.3) is 5.91 Å². The van der Waals surface area contributed by atoms with Gasteiger partial charge in [0, 0.05) is 39.3 Å². The van der Waals surface area contributed by atoms with Crippen LogP contribution in [0.15, 0.2) is 30.5 Å². The van der Waals surface area contributed by atoms with Crippen LogP contribution < -0.4 is 5.32 Å². The summed E-state index contributed by atoms with van der Waals surface area (Å²) >= 11 is 0. The number of aromatic nitrogens is 1. The lowest BCUT2D eigenvalue weighted by Crippen LogP contribution is -2.30. The first kappa shape index (κ1) is 14.3. The number of likely N-dealkylation sites (N-methyl/N-ethyl adjacent to an activating group) is 1. The largest absolute Gasteiger partial charge is 0.383 e. The van der Waals surface area contributed by atoms with Crippen molar-refractivity contribution in [2.24, 2.45) is 0 Å². The standard InChI is InChI=1S/C15H19N3O2/c1-16-14-12-7-5-4-6-11(12)13(10-17-14)15(19)18(2)8-9-20-3/h4-7,10H,8-9H2,1-3H3,(H,16,17). The fraction of sp³-hybridized carbons (Fsp3) is 0.333. The van der Waals surface area contributed by atoms with Crippen molar-refractivity contribution in [2.75, 3.05) is 39.7 Å². The van der Waals surface area contributed by atoms with Crippen LogP contribution in [0.4, 0.5) is 5.82 Å². The molecule has 0 unspecified atom stereocenters. The van der Waals surface area contributed by atoms with Crippen molar-refractivity contribution in [1.29, 1.82) is 0 Å². The first-order valence-corrected chi connectivity index (χ1v) is 6.49. The minimum Gasteiger partial charge on any atom is -0.383 e. The van der Waals surface area contributed by atoms with E-state index in [-0.39, 0.29) is 5.91 Å². The molecule has 5 nitrogen and oxygen atoms in total. The highest BCUT2D eigenvalue weighted by Crippen LogP contribution is 2.24. The number of anilines is 1. The van der Waals surface area contributed by atoms with E-state index in [2.05, 4.69) is 10.3 Å². The minimum absolute atomic E-state index is 0.0478. The second-order valence-electron chi connectivity index (χ2n) is 4.54. The molecule has 0 fully saturated rings. The van der Waals surface area contributed by atoms with Crippen LogP contribution >= 0.6 is 0 Å². The van der Waals surface area contributed by atoms with Crippen molar-refractivity contribution in [3.8, 4) is 0 Å². The van der Waals surface area contributed by atoms with Crippen molar-refractivity contribution in [3.05, 3.63) is 36.0 Å². The van der Waals surface area contributed by atoms with Gasteiger partial charge < -0.3 is 15.0 Å². The molecule has 2 rings (SSSR count). The molecule has 0 atom stereocenters. The Morgan fingerprint density at radius 2 is 2.05 bits per heavy atom. The Hall–Kier alpha value is -2.14. The molecular formula is C15H19N3O2. The predicted octanol–water partition coefficient (Wildman–Crippen LogP) is 1.99. The molecule has 0 saturated carbocycles. The number of fused-ring (bicyclic) bond motifs is 1. The summed E-state index contributed by atoms with van der Waals surface area (Å²) in [4.78, 5) is 18.4. The molecule has 5 heteroatoms. The van der Waals surface area contributed by atoms with Gasteiger partial charge in [-0.25, -0.2) is 4.98 Å². The normalized spacial score (nSPS) is 10.6. The van der Waals surface area contributed by atoms with Crippen molar-refractivity contribution < 1.29 is 9.53 Å². The average Bonchev–Trinajstić information content (AvgIpc) is 2.50. The quantitative estimate of drug-likeness (QED) is 0.905. The Morgan fingerprint density at radius 3 is 2.70 bits per heavy atom. The van der Waals surface area contributed by atoms with E-state index in [0.717, 1.165) is 16.6 Å². The molecule has 2 aromatic rings. The van der Waals surface area contributed by atoms with Crippen LogP contribution in [-0.2, 0) is 4.74 Å². The second-order valence-corrected chi connectivity index (χ2v) is 4.54. The summed E-state index contributed by atoms with van der Waals surface area (Å²) in [5.41, 5.74) is 0.609. The van der Waals surface area contributed by atoms with E-state index in [1.807, 2.05) is 31.3 Å². The third-order valence-corrected chi connectivity index (χ3v) is 3.24. The lowest BCUT2D eigenvalue weighted by molar-refractivity contribution is 0.0746. The van der Waals surface area contributed by atoms with E-state index in [1.165, 1.54) is 0 Å². The predicted molar refractivity (Wildman–Crippen MR) is 80.1 cm³/mol. The molecular weight excluding hydrogens is 254 g/mol. The van der Waals surface area contributed by atoms with Crippen LogP contribution in [0, 0.1) is 0 Å². The fourth-order valence-corrected chi connectivity index (χ4v) is 2.10. The maximum absolute atomic E-state index is 12.5. The molecule has 0 aliphatic heterocycles. The number of benzene rings is 1. The summed E-state index contributed by atoms with van der Waals surface area (Å²) < 4.78 is 5.00. The molecule has 1 amide bonds. The van der Waals surface area contributed by atoms with Crippen molar-refractivity contribution in [2.45, 2.75) is 0 Å². The molecule has 1 heterocycles. The van der Waals surface area contributed by atoms with Crippen LogP contribution in [0.2, 0.25) is 0 Å². The highest BCUT2D eigenvalue weighted by Gasteiger charge is 2.16. The zero-order valence-electron chi connectivity index (χ0n) is 12.0. The zero-order chi connectivity index (χ0) is 14.5. The minimum atomic E-state index is -0.0478. The number of hydrogen-bond donors (Lipinski definition) is 1. The maximum atomic E-state index is 12.5. The van der Waals surface area contributed by atoms with Crippen LogP contribution in [0.25, 0.3) is 10.8 Å². The molecule has 0 aliphatic rings. The number of amides is 1. The SMILES string of the molecule is CNc1ncc(C(=O)N(C)CCOC)c2ccccc12. The van der Waals surface area contributed by atoms with Gasteiger partial charge in [0.1, 0.15) is 5.82 Å². The van der Waals surface area contributed by atoms with Crippen LogP contribution in [0.1, 0.15) is 10.4 Å². The summed E-state index contributed by atoms with van der Waals surface area (Å²) in [7, 11) is 5.21. The summed E-state index contributed by atoms with van der Waals surface area (Å²) in [5.74, 6) is 0.727. The number of nitrogens with zero attached hydrogens (tertiary/aromatic N) is 2. The van der Waals surface area contributed by atoms with E-state index in [0.29, 0.717) is 18.7 Å². The highest BCUT2D eigenvalue weighted by atomic mass is 16.5. The number of methoxy groups -OCH3 is 1. The van der Waals surface area contributed by atoms with Crippen molar-refractivity contribution in [3.63, 3.8) is 0 Å². The van der Waals surface area contributed by atoms with Gasteiger partial charge >= 0.3 is 0 Å². The molecule has 0 spiro atoms. The monoisotopic (exact) mass is 273 g/mol. The van der Waals surface area contributed by atoms with Gasteiger partial charge in [-0.15, -0.1) is 0 Å². The van der Waals surface area contributed by atoms with Gasteiger partial charge in [0.05, 0.1) is 12.2 Å². The van der Waals surface area contributed by atoms with Crippen LogP contribution in [-0.4, -0.2) is 50.1 Å². The fourth-order valence-electron chi connectivity index (χ4n) is 2.10. The van der Waals surface area contributed by atoms with Gasteiger partial charge in [-0.05, 0) is 5.39 Å². The Kier molecular flexibility index (Phi) is 4.53. The van der Waals surface area contributed by atoms with Crippen molar-refractivity contribution in [1.82, 2.24) is 9.88 Å². The molecule has 0 bridgehead atoms. The van der Waals surface area contributed by atoms with Gasteiger partial charge in [-0.2, -0.15) is 0 Å². The number of carbonyl (C=O) groups is 1. The lowest BCUT2D eigenvalue weighted by Gasteiger charge is -2.18. The summed E-state index contributed by atoms with van der Waals surface area (Å²) in [6, 6.07) is 7.76. The average molecular weight is 273 g/mol. The van der Waals surface area contributed by atoms with Crippen molar-refractivity contribution >= 4 is 22.5 Å². The lowest BCUT2D eigenvalue weighted by atomic mass is 10.1. The highest BCUT2D eigenvalue weighted by molar-refractivity contribution is 6.09. The van der Waals surface area contributed by atoms with E-state index < -0.39 is 0 Å². The third kappa shape index (κ3) is 2.72. The summed E-state index contributed by atoms with van der Waals surface area (Å²) in [6.07, 6.45) is 1.62. The van der Waals surface area contributed by atoms with E-state index in [1.54, 1.807) is 25.3 Å². The number of nitrogens with one attached hydrogen (secondary N) is 1. The number of pyridine rings is 1. The number of rotatable bonds is 5. The van der Waals surface area contributed by atoms with Crippen LogP contribution in [0.5, 0.6) is 0 Å². The molecule has 20 heavy (non-hydrogen) atoms. The molecule has 106 valence electrons. The van der Waals surface area contributed by atoms with Crippen LogP contribution in [0.3, 0.4) is 0 Å². The van der Waals surface area contributed by atoms with Gasteiger partial charge in [-0.3, -0.25) is 4.79 Å². The Labute approximate surface area is 118 Å². The second kappa shape index (κ2) is 6.34. The first-order valence-electron chi connectivity index (χ1n) is 6.49. The number of carbonyl (C=O) groups excluding carboxylic acids is 1. The molecule has 0 radical (unpaired) electrons. The molecule has 0 aliphatic carbocycles. The number of hydrogen-bond acceptors (Lipinski definition) is 4. The zero-order valence-corrected chi connectivity index (χ0v) is 12.0. The van der Waals surface area contributed by atoms with Gasteiger partial charge in [0.2, 0.25) is 0 Å². The van der Waals surface area contributed by atoms with Gasteiger partial charge in [0.15, 0.2) is 0 Å². The molecule has 0 saturated heterocycles. The maximum Gasteiger partial charge on any atom is 0.255 e. The third-order valence-electron chi connectivity index (χ3n) is 3.24. The number of ether oxygens (including phenoxy) is 1. The molecule has 1 aromatic carbocycles. The van der Waals surface area contributed by atoms with E-state index in [4.69, 9.17) is 4.74 Å². The smallest absolute Gasteiger partial charge is 0.255 e. The summed E-state index contributed by atoms with van der Waals surface area (Å²) in [5, 5.41) is 4.89. The topological polar surface area (TPSA) is 54.5 Å².